The third kappa shape index (κ3) is 6.18. The van der Waals surface area contributed by atoms with Gasteiger partial charge in [-0.3, -0.25) is 14.5 Å². The van der Waals surface area contributed by atoms with Gasteiger partial charge in [-0.2, -0.15) is 0 Å². The zero-order chi connectivity index (χ0) is 27.9. The van der Waals surface area contributed by atoms with E-state index in [4.69, 9.17) is 4.74 Å². The molecule has 0 unspecified atom stereocenters. The number of fused-ring (bicyclic) bond motifs is 1. The topological polar surface area (TPSA) is 91.0 Å². The lowest BCUT2D eigenvalue weighted by Crippen LogP contribution is -2.38. The number of carbonyl (C=O) groups excluding carboxylic acids is 3. The van der Waals surface area contributed by atoms with E-state index in [9.17, 15) is 14.4 Å². The Balaban J connectivity index is 1.64. The number of anilines is 3. The van der Waals surface area contributed by atoms with E-state index < -0.39 is 5.97 Å². The lowest BCUT2D eigenvalue weighted by atomic mass is 9.99. The van der Waals surface area contributed by atoms with Crippen molar-refractivity contribution >= 4 is 46.1 Å². The summed E-state index contributed by atoms with van der Waals surface area (Å²) in [7, 11) is 3.10. The summed E-state index contributed by atoms with van der Waals surface area (Å²) in [5.41, 5.74) is 5.08. The molecular weight excluding hydrogens is 492 g/mol. The van der Waals surface area contributed by atoms with Gasteiger partial charge in [0.2, 0.25) is 5.91 Å². The Morgan fingerprint density at radius 1 is 0.949 bits per heavy atom. The summed E-state index contributed by atoms with van der Waals surface area (Å²) < 4.78 is 4.82. The third-order valence-corrected chi connectivity index (χ3v) is 6.74. The molecule has 0 spiro atoms. The number of benzene rings is 3. The predicted octanol–water partition coefficient (Wildman–Crippen LogP) is 5.10. The quantitative estimate of drug-likeness (QED) is 0.282. The van der Waals surface area contributed by atoms with Crippen LogP contribution in [0.3, 0.4) is 0 Å². The fourth-order valence-electron chi connectivity index (χ4n) is 4.57. The van der Waals surface area contributed by atoms with Gasteiger partial charge in [-0.05, 0) is 61.5 Å². The number of nitrogens with one attached hydrogen (secondary N) is 2. The second-order valence-electron chi connectivity index (χ2n) is 9.32. The van der Waals surface area contributed by atoms with Gasteiger partial charge in [0.05, 0.1) is 36.2 Å². The molecule has 3 aromatic carbocycles. The van der Waals surface area contributed by atoms with Crippen LogP contribution in [-0.2, 0) is 14.3 Å². The van der Waals surface area contributed by atoms with Gasteiger partial charge >= 0.3 is 5.97 Å². The standard InChI is InChI=1S/C31H34N4O4/c1-5-18-35(6-2)20-27(36)34(3)24-15-13-23(14-16-24)32-29(21-10-8-7-9-11-21)28-25-17-12-22(31(38)39-4)19-26(25)33-30(28)37/h7-17,19,32H,5-6,18,20H2,1-4H3,(H,33,37). The van der Waals surface area contributed by atoms with Crippen molar-refractivity contribution in [2.24, 2.45) is 0 Å². The number of rotatable bonds is 10. The number of hydrogen-bond acceptors (Lipinski definition) is 6. The number of hydrogen-bond donors (Lipinski definition) is 2. The van der Waals surface area contributed by atoms with Gasteiger partial charge < -0.3 is 20.3 Å². The van der Waals surface area contributed by atoms with E-state index in [2.05, 4.69) is 29.4 Å². The van der Waals surface area contributed by atoms with Gasteiger partial charge in [0.1, 0.15) is 0 Å². The van der Waals surface area contributed by atoms with Gasteiger partial charge in [-0.1, -0.05) is 50.2 Å². The van der Waals surface area contributed by atoms with Crippen LogP contribution >= 0.6 is 0 Å². The Kier molecular flexibility index (Phi) is 8.78. The van der Waals surface area contributed by atoms with Crippen LogP contribution in [0.15, 0.2) is 72.8 Å². The molecule has 0 saturated carbocycles. The molecule has 0 fully saturated rings. The SMILES string of the molecule is CCCN(CC)CC(=O)N(C)c1ccc(NC(=C2C(=O)Nc3cc(C(=O)OC)ccc32)c2ccccc2)cc1. The maximum absolute atomic E-state index is 13.2. The number of amides is 2. The second kappa shape index (κ2) is 12.4. The monoisotopic (exact) mass is 526 g/mol. The predicted molar refractivity (Wildman–Crippen MR) is 156 cm³/mol. The molecule has 1 heterocycles. The molecule has 39 heavy (non-hydrogen) atoms. The summed E-state index contributed by atoms with van der Waals surface area (Å²) in [5, 5.41) is 6.30. The van der Waals surface area contributed by atoms with Crippen molar-refractivity contribution in [2.75, 3.05) is 49.3 Å². The van der Waals surface area contributed by atoms with Gasteiger partial charge in [0, 0.05) is 24.0 Å². The van der Waals surface area contributed by atoms with E-state index in [-0.39, 0.29) is 11.8 Å². The normalized spacial score (nSPS) is 13.5. The average Bonchev–Trinajstić information content (AvgIpc) is 3.30. The fourth-order valence-corrected chi connectivity index (χ4v) is 4.57. The molecule has 0 radical (unpaired) electrons. The van der Waals surface area contributed by atoms with Crippen LogP contribution in [0.5, 0.6) is 0 Å². The Morgan fingerprint density at radius 3 is 2.31 bits per heavy atom. The van der Waals surface area contributed by atoms with Crippen molar-refractivity contribution < 1.29 is 19.1 Å². The van der Waals surface area contributed by atoms with Crippen LogP contribution in [0.1, 0.15) is 41.8 Å². The maximum Gasteiger partial charge on any atom is 0.337 e. The van der Waals surface area contributed by atoms with Crippen LogP contribution in [0.4, 0.5) is 17.1 Å². The molecule has 8 nitrogen and oxygen atoms in total. The molecule has 2 amide bonds. The second-order valence-corrected chi connectivity index (χ2v) is 9.32. The molecule has 0 atom stereocenters. The molecule has 0 aliphatic carbocycles. The minimum absolute atomic E-state index is 0.0312. The van der Waals surface area contributed by atoms with Crippen LogP contribution in [0.25, 0.3) is 11.3 Å². The molecule has 1 aliphatic heterocycles. The van der Waals surface area contributed by atoms with Gasteiger partial charge in [-0.25, -0.2) is 4.79 Å². The lowest BCUT2D eigenvalue weighted by molar-refractivity contribution is -0.119. The first kappa shape index (κ1) is 27.6. The fraction of sp³-hybridized carbons (Fsp3) is 0.258. The first-order valence-corrected chi connectivity index (χ1v) is 13.1. The molecule has 8 heteroatoms. The van der Waals surface area contributed by atoms with E-state index in [0.29, 0.717) is 34.6 Å². The molecule has 0 aromatic heterocycles. The van der Waals surface area contributed by atoms with E-state index >= 15 is 0 Å². The number of esters is 1. The van der Waals surface area contributed by atoms with Gasteiger partial charge in [0.15, 0.2) is 0 Å². The average molecular weight is 527 g/mol. The molecule has 1 aliphatic rings. The number of nitrogens with zero attached hydrogens (tertiary/aromatic N) is 2. The molecule has 0 bridgehead atoms. The van der Waals surface area contributed by atoms with Crippen LogP contribution in [0, 0.1) is 0 Å². The van der Waals surface area contributed by atoms with E-state index in [0.717, 1.165) is 36.4 Å². The largest absolute Gasteiger partial charge is 0.465 e. The molecule has 0 saturated heterocycles. The highest BCUT2D eigenvalue weighted by molar-refractivity contribution is 6.37. The molecule has 3 aromatic rings. The molecule has 4 rings (SSSR count). The minimum atomic E-state index is -0.470. The highest BCUT2D eigenvalue weighted by Crippen LogP contribution is 2.38. The van der Waals surface area contributed by atoms with Crippen LogP contribution in [0.2, 0.25) is 0 Å². The Bertz CT molecular complexity index is 1380. The van der Waals surface area contributed by atoms with E-state index in [1.54, 1.807) is 30.1 Å². The first-order chi connectivity index (χ1) is 18.9. The summed E-state index contributed by atoms with van der Waals surface area (Å²) in [6.07, 6.45) is 0.999. The van der Waals surface area contributed by atoms with Crippen molar-refractivity contribution in [3.05, 3.63) is 89.5 Å². The zero-order valence-electron chi connectivity index (χ0n) is 22.8. The van der Waals surface area contributed by atoms with Gasteiger partial charge in [-0.15, -0.1) is 0 Å². The van der Waals surface area contributed by atoms with Crippen molar-refractivity contribution in [3.8, 4) is 0 Å². The number of methoxy groups -OCH3 is 1. The van der Waals surface area contributed by atoms with Crippen molar-refractivity contribution in [1.29, 1.82) is 0 Å². The van der Waals surface area contributed by atoms with E-state index in [1.165, 1.54) is 7.11 Å². The number of ether oxygens (including phenoxy) is 1. The highest BCUT2D eigenvalue weighted by atomic mass is 16.5. The summed E-state index contributed by atoms with van der Waals surface area (Å²) >= 11 is 0. The van der Waals surface area contributed by atoms with Crippen molar-refractivity contribution in [2.45, 2.75) is 20.3 Å². The van der Waals surface area contributed by atoms with Gasteiger partial charge in [0.25, 0.3) is 5.91 Å². The number of carbonyl (C=O) groups is 3. The maximum atomic E-state index is 13.2. The zero-order valence-corrected chi connectivity index (χ0v) is 22.8. The smallest absolute Gasteiger partial charge is 0.337 e. The lowest BCUT2D eigenvalue weighted by Gasteiger charge is -2.24. The van der Waals surface area contributed by atoms with E-state index in [1.807, 2.05) is 54.6 Å². The first-order valence-electron chi connectivity index (χ1n) is 13.1. The third-order valence-electron chi connectivity index (χ3n) is 6.74. The summed E-state index contributed by atoms with van der Waals surface area (Å²) in [6, 6.07) is 22.2. The van der Waals surface area contributed by atoms with Crippen LogP contribution in [-0.4, -0.2) is 56.5 Å². The summed E-state index contributed by atoms with van der Waals surface area (Å²) in [5.74, 6) is -0.710. The Labute approximate surface area is 229 Å². The molecular formula is C31H34N4O4. The highest BCUT2D eigenvalue weighted by Gasteiger charge is 2.29. The summed E-state index contributed by atoms with van der Waals surface area (Å²) in [6.45, 7) is 6.25. The van der Waals surface area contributed by atoms with Crippen LogP contribution < -0.4 is 15.5 Å². The minimum Gasteiger partial charge on any atom is -0.465 e. The van der Waals surface area contributed by atoms with Crippen molar-refractivity contribution in [1.82, 2.24) is 4.90 Å². The number of likely N-dealkylation sites (N-methyl/N-ethyl adjacent to an activating group) is 2. The van der Waals surface area contributed by atoms with Crippen molar-refractivity contribution in [3.63, 3.8) is 0 Å². The molecule has 202 valence electrons. The Morgan fingerprint density at radius 2 is 1.67 bits per heavy atom. The Hall–Kier alpha value is -4.43. The summed E-state index contributed by atoms with van der Waals surface area (Å²) in [4.78, 5) is 41.8. The molecule has 2 N–H and O–H groups in total.